The Bertz CT molecular complexity index is 471. The molecule has 0 aliphatic rings. The zero-order valence-electron chi connectivity index (χ0n) is 7.70. The van der Waals surface area contributed by atoms with Crippen molar-refractivity contribution in [1.29, 1.82) is 0 Å². The molecule has 82 valence electrons. The van der Waals surface area contributed by atoms with Gasteiger partial charge in [0.25, 0.3) is 0 Å². The van der Waals surface area contributed by atoms with E-state index in [1.807, 2.05) is 0 Å². The molecule has 0 aliphatic heterocycles. The van der Waals surface area contributed by atoms with Gasteiger partial charge >= 0.3 is 0 Å². The van der Waals surface area contributed by atoms with Crippen LogP contribution in [0.2, 0.25) is 10.0 Å². The van der Waals surface area contributed by atoms with Crippen molar-refractivity contribution in [1.82, 2.24) is 4.72 Å². The molecule has 0 spiro atoms. The topological polar surface area (TPSA) is 46.2 Å². The van der Waals surface area contributed by atoms with Gasteiger partial charge in [-0.2, -0.15) is 0 Å². The highest BCUT2D eigenvalue weighted by molar-refractivity contribution is 7.89. The Morgan fingerprint density at radius 2 is 2.07 bits per heavy atom. The SMILES string of the molecule is C=CCNS(=O)(=O)c1cc(Cl)ccc1Cl. The van der Waals surface area contributed by atoms with Crippen LogP contribution in [-0.4, -0.2) is 15.0 Å². The molecule has 0 saturated heterocycles. The normalized spacial score (nSPS) is 11.3. The largest absolute Gasteiger partial charge is 0.242 e. The first-order valence-electron chi connectivity index (χ1n) is 4.03. The summed E-state index contributed by atoms with van der Waals surface area (Å²) in [5, 5.41) is 0.453. The Morgan fingerprint density at radius 3 is 2.67 bits per heavy atom. The van der Waals surface area contributed by atoms with Crippen molar-refractivity contribution in [2.45, 2.75) is 4.90 Å². The quantitative estimate of drug-likeness (QED) is 0.851. The zero-order valence-corrected chi connectivity index (χ0v) is 10.0. The van der Waals surface area contributed by atoms with Gasteiger partial charge in [0.2, 0.25) is 10.0 Å². The predicted octanol–water partition coefficient (Wildman–Crippen LogP) is 2.46. The molecule has 0 bridgehead atoms. The van der Waals surface area contributed by atoms with Gasteiger partial charge in [-0.05, 0) is 18.2 Å². The van der Waals surface area contributed by atoms with Crippen LogP contribution in [0.5, 0.6) is 0 Å². The summed E-state index contributed by atoms with van der Waals surface area (Å²) in [6.45, 7) is 3.56. The fourth-order valence-corrected chi connectivity index (χ4v) is 2.69. The van der Waals surface area contributed by atoms with Crippen LogP contribution in [0.3, 0.4) is 0 Å². The highest BCUT2D eigenvalue weighted by atomic mass is 35.5. The van der Waals surface area contributed by atoms with Crippen LogP contribution in [0, 0.1) is 0 Å². The van der Waals surface area contributed by atoms with Gasteiger partial charge in [-0.1, -0.05) is 29.3 Å². The molecule has 0 amide bonds. The smallest absolute Gasteiger partial charge is 0.207 e. The van der Waals surface area contributed by atoms with E-state index in [1.165, 1.54) is 24.3 Å². The van der Waals surface area contributed by atoms with E-state index in [0.29, 0.717) is 5.02 Å². The maximum Gasteiger partial charge on any atom is 0.242 e. The van der Waals surface area contributed by atoms with Crippen LogP contribution in [0.25, 0.3) is 0 Å². The van der Waals surface area contributed by atoms with Crippen LogP contribution in [-0.2, 0) is 10.0 Å². The minimum Gasteiger partial charge on any atom is -0.207 e. The second-order valence-corrected chi connectivity index (χ2v) is 5.29. The van der Waals surface area contributed by atoms with Crippen molar-refractivity contribution in [3.05, 3.63) is 40.9 Å². The number of nitrogens with one attached hydrogen (secondary N) is 1. The average Bonchev–Trinajstić information content (AvgIpc) is 2.18. The number of benzene rings is 1. The molecule has 15 heavy (non-hydrogen) atoms. The Kier molecular flexibility index (Phi) is 4.16. The van der Waals surface area contributed by atoms with Gasteiger partial charge in [0.15, 0.2) is 0 Å². The van der Waals surface area contributed by atoms with Gasteiger partial charge in [-0.15, -0.1) is 6.58 Å². The van der Waals surface area contributed by atoms with Crippen LogP contribution in [0.4, 0.5) is 0 Å². The standard InChI is InChI=1S/C9H9Cl2NO2S/c1-2-5-12-15(13,14)9-6-7(10)3-4-8(9)11/h2-4,6,12H,1,5H2. The fraction of sp³-hybridized carbons (Fsp3) is 0.111. The van der Waals surface area contributed by atoms with Crippen LogP contribution in [0.1, 0.15) is 0 Å². The molecule has 0 fully saturated rings. The minimum atomic E-state index is -3.61. The zero-order chi connectivity index (χ0) is 11.5. The molecule has 0 unspecified atom stereocenters. The molecule has 1 aromatic carbocycles. The van der Waals surface area contributed by atoms with Gasteiger partial charge in [0.1, 0.15) is 4.90 Å². The third kappa shape index (κ3) is 3.21. The molecule has 1 rings (SSSR count). The molecule has 6 heteroatoms. The van der Waals surface area contributed by atoms with Crippen molar-refractivity contribution < 1.29 is 8.42 Å². The van der Waals surface area contributed by atoms with Gasteiger partial charge in [0, 0.05) is 11.6 Å². The Hall–Kier alpha value is -0.550. The molecule has 0 saturated carbocycles. The summed E-state index contributed by atoms with van der Waals surface area (Å²) in [6.07, 6.45) is 1.44. The Labute approximate surface area is 98.8 Å². The molecule has 1 N–H and O–H groups in total. The summed E-state index contributed by atoms with van der Waals surface area (Å²) >= 11 is 11.4. The molecule has 3 nitrogen and oxygen atoms in total. The average molecular weight is 266 g/mol. The molecular weight excluding hydrogens is 257 g/mol. The second-order valence-electron chi connectivity index (χ2n) is 2.72. The fourth-order valence-electron chi connectivity index (χ4n) is 0.930. The van der Waals surface area contributed by atoms with E-state index in [1.54, 1.807) is 0 Å². The van der Waals surface area contributed by atoms with Gasteiger partial charge in [0.05, 0.1) is 5.02 Å². The molecule has 0 aromatic heterocycles. The lowest BCUT2D eigenvalue weighted by Gasteiger charge is -2.06. The predicted molar refractivity (Wildman–Crippen MR) is 61.8 cm³/mol. The van der Waals surface area contributed by atoms with Crippen LogP contribution in [0.15, 0.2) is 35.7 Å². The molecule has 1 aromatic rings. The third-order valence-corrected chi connectivity index (χ3v) is 3.74. The second kappa shape index (κ2) is 4.99. The van der Waals surface area contributed by atoms with Crippen molar-refractivity contribution in [3.8, 4) is 0 Å². The Balaban J connectivity index is 3.14. The Morgan fingerprint density at radius 1 is 1.40 bits per heavy atom. The summed E-state index contributed by atoms with van der Waals surface area (Å²) < 4.78 is 25.6. The monoisotopic (exact) mass is 265 g/mol. The first-order chi connectivity index (χ1) is 6.97. The molecular formula is C9H9Cl2NO2S. The van der Waals surface area contributed by atoms with Crippen LogP contribution < -0.4 is 4.72 Å². The van der Waals surface area contributed by atoms with Gasteiger partial charge in [-0.3, -0.25) is 0 Å². The van der Waals surface area contributed by atoms with Crippen molar-refractivity contribution >= 4 is 33.2 Å². The highest BCUT2D eigenvalue weighted by Crippen LogP contribution is 2.24. The van der Waals surface area contributed by atoms with Crippen LogP contribution >= 0.6 is 23.2 Å². The van der Waals surface area contributed by atoms with Crippen molar-refractivity contribution in [2.24, 2.45) is 0 Å². The van der Waals surface area contributed by atoms with Crippen molar-refractivity contribution in [2.75, 3.05) is 6.54 Å². The number of hydrogen-bond acceptors (Lipinski definition) is 2. The molecule has 0 heterocycles. The maximum absolute atomic E-state index is 11.7. The number of halogens is 2. The van der Waals surface area contributed by atoms with Gasteiger partial charge in [-0.25, -0.2) is 13.1 Å². The van der Waals surface area contributed by atoms with Crippen molar-refractivity contribution in [3.63, 3.8) is 0 Å². The number of rotatable bonds is 4. The summed E-state index contributed by atoms with van der Waals surface area (Å²) in [6, 6.07) is 4.26. The van der Waals surface area contributed by atoms with E-state index in [0.717, 1.165) is 0 Å². The lowest BCUT2D eigenvalue weighted by molar-refractivity contribution is 0.585. The summed E-state index contributed by atoms with van der Waals surface area (Å²) in [4.78, 5) is -0.0292. The lowest BCUT2D eigenvalue weighted by atomic mass is 10.4. The molecule has 0 atom stereocenters. The summed E-state index contributed by atoms with van der Waals surface area (Å²) in [5.41, 5.74) is 0. The highest BCUT2D eigenvalue weighted by Gasteiger charge is 2.16. The molecule has 0 radical (unpaired) electrons. The summed E-state index contributed by atoms with van der Waals surface area (Å²) in [7, 11) is -3.61. The van der Waals surface area contributed by atoms with E-state index in [9.17, 15) is 8.42 Å². The van der Waals surface area contributed by atoms with E-state index in [-0.39, 0.29) is 16.5 Å². The molecule has 0 aliphatic carbocycles. The lowest BCUT2D eigenvalue weighted by Crippen LogP contribution is -2.23. The first kappa shape index (κ1) is 12.5. The van der Waals surface area contributed by atoms with E-state index in [2.05, 4.69) is 11.3 Å². The number of hydrogen-bond donors (Lipinski definition) is 1. The third-order valence-electron chi connectivity index (χ3n) is 1.60. The maximum atomic E-state index is 11.7. The van der Waals surface area contributed by atoms with E-state index >= 15 is 0 Å². The van der Waals surface area contributed by atoms with E-state index in [4.69, 9.17) is 23.2 Å². The van der Waals surface area contributed by atoms with Gasteiger partial charge < -0.3 is 0 Å². The first-order valence-corrected chi connectivity index (χ1v) is 6.27. The number of sulfonamides is 1. The minimum absolute atomic E-state index is 0.0292. The van der Waals surface area contributed by atoms with E-state index < -0.39 is 10.0 Å². The summed E-state index contributed by atoms with van der Waals surface area (Å²) in [5.74, 6) is 0.